The Bertz CT molecular complexity index is 946. The molecule has 3 atom stereocenters. The molecule has 1 aliphatic heterocycles. The van der Waals surface area contributed by atoms with Gasteiger partial charge in [0.25, 0.3) is 0 Å². The zero-order chi connectivity index (χ0) is 20.8. The molecule has 2 fully saturated rings. The van der Waals surface area contributed by atoms with E-state index in [2.05, 4.69) is 36.8 Å². The van der Waals surface area contributed by atoms with Gasteiger partial charge in [-0.1, -0.05) is 6.08 Å². The Kier molecular flexibility index (Phi) is 4.91. The second-order valence-electron chi connectivity index (χ2n) is 9.01. The lowest BCUT2D eigenvalue weighted by Crippen LogP contribution is -2.35. The molecule has 7 heteroatoms. The molecule has 1 unspecified atom stereocenters. The average molecular weight is 392 g/mol. The van der Waals surface area contributed by atoms with E-state index in [1.807, 2.05) is 30.1 Å². The molecule has 0 bridgehead atoms. The van der Waals surface area contributed by atoms with Gasteiger partial charge in [-0.15, -0.1) is 0 Å². The zero-order valence-corrected chi connectivity index (χ0v) is 17.6. The molecule has 1 saturated heterocycles. The van der Waals surface area contributed by atoms with Gasteiger partial charge in [-0.05, 0) is 52.4 Å². The molecule has 4 rings (SSSR count). The third kappa shape index (κ3) is 3.53. The quantitative estimate of drug-likeness (QED) is 0.860. The summed E-state index contributed by atoms with van der Waals surface area (Å²) in [7, 11) is 0. The van der Waals surface area contributed by atoms with Crippen molar-refractivity contribution in [2.24, 2.45) is 17.6 Å². The molecule has 0 aromatic carbocycles. The Labute approximate surface area is 172 Å². The Morgan fingerprint density at radius 3 is 2.45 bits per heavy atom. The molecular formula is C22H29N7. The van der Waals surface area contributed by atoms with E-state index < -0.39 is 0 Å². The summed E-state index contributed by atoms with van der Waals surface area (Å²) in [5, 5.41) is 13.9. The zero-order valence-electron chi connectivity index (χ0n) is 17.6. The van der Waals surface area contributed by atoms with Crippen molar-refractivity contribution in [3.63, 3.8) is 0 Å². The maximum Gasteiger partial charge on any atom is 0.147 e. The second-order valence-corrected chi connectivity index (χ2v) is 9.01. The first-order chi connectivity index (χ1) is 13.8. The monoisotopic (exact) mass is 391 g/mol. The predicted octanol–water partition coefficient (Wildman–Crippen LogP) is 3.14. The fraction of sp³-hybridized carbons (Fsp3) is 0.545. The topological polar surface area (TPSA) is 96.7 Å². The first-order valence-corrected chi connectivity index (χ1v) is 10.3. The van der Waals surface area contributed by atoms with Crippen molar-refractivity contribution in [1.29, 1.82) is 5.26 Å². The first-order valence-electron chi connectivity index (χ1n) is 10.3. The summed E-state index contributed by atoms with van der Waals surface area (Å²) in [6, 6.07) is 2.39. The first kappa shape index (κ1) is 19.6. The van der Waals surface area contributed by atoms with Crippen LogP contribution in [-0.4, -0.2) is 38.4 Å². The average Bonchev–Trinajstić information content (AvgIpc) is 3.33. The van der Waals surface area contributed by atoms with Crippen LogP contribution in [0.1, 0.15) is 63.5 Å². The summed E-state index contributed by atoms with van der Waals surface area (Å²) in [5.74, 6) is 2.21. The molecule has 29 heavy (non-hydrogen) atoms. The SMILES string of the molecule is C/C=C(/c1cnc(N2C[C@@H]3CC(C)(N)C[C@@H]3C2)cn1)c1c(C#N)cnn1C(C)C. The molecule has 0 spiro atoms. The molecule has 2 aromatic rings. The van der Waals surface area contributed by atoms with Crippen LogP contribution in [-0.2, 0) is 0 Å². The normalized spacial score (nSPS) is 26.8. The lowest BCUT2D eigenvalue weighted by molar-refractivity contribution is 0.449. The van der Waals surface area contributed by atoms with Gasteiger partial charge in [0.05, 0.1) is 35.5 Å². The molecule has 1 aliphatic carbocycles. The Morgan fingerprint density at radius 2 is 1.93 bits per heavy atom. The standard InChI is InChI=1S/C22H29N7/c1-5-18(21-17(8-23)9-27-29(21)14(2)3)19-10-26-20(11-25-19)28-12-15-6-22(4,24)7-16(15)13-28/h5,9-11,14-16H,6-7,12-13,24H2,1-4H3/b18-5-/t15-,16+,22?. The van der Waals surface area contributed by atoms with Gasteiger partial charge < -0.3 is 10.6 Å². The van der Waals surface area contributed by atoms with Crippen LogP contribution in [0.3, 0.4) is 0 Å². The largest absolute Gasteiger partial charge is 0.355 e. The number of rotatable bonds is 4. The van der Waals surface area contributed by atoms with Crippen LogP contribution in [0.25, 0.3) is 5.57 Å². The molecular weight excluding hydrogens is 362 g/mol. The van der Waals surface area contributed by atoms with E-state index in [9.17, 15) is 5.26 Å². The number of anilines is 1. The van der Waals surface area contributed by atoms with Crippen molar-refractivity contribution in [3.05, 3.63) is 41.6 Å². The molecule has 7 nitrogen and oxygen atoms in total. The molecule has 2 aromatic heterocycles. The Balaban J connectivity index is 1.57. The van der Waals surface area contributed by atoms with Gasteiger partial charge in [-0.25, -0.2) is 4.98 Å². The van der Waals surface area contributed by atoms with Gasteiger partial charge >= 0.3 is 0 Å². The van der Waals surface area contributed by atoms with E-state index in [-0.39, 0.29) is 11.6 Å². The van der Waals surface area contributed by atoms with Gasteiger partial charge in [0, 0.05) is 30.2 Å². The van der Waals surface area contributed by atoms with Crippen LogP contribution in [0.4, 0.5) is 5.82 Å². The summed E-state index contributed by atoms with van der Waals surface area (Å²) >= 11 is 0. The Hall–Kier alpha value is -2.72. The number of aromatic nitrogens is 4. The highest BCUT2D eigenvalue weighted by atomic mass is 15.3. The van der Waals surface area contributed by atoms with Crippen molar-refractivity contribution in [1.82, 2.24) is 19.7 Å². The molecule has 0 radical (unpaired) electrons. The van der Waals surface area contributed by atoms with Crippen LogP contribution in [0.2, 0.25) is 0 Å². The van der Waals surface area contributed by atoms with Crippen LogP contribution >= 0.6 is 0 Å². The van der Waals surface area contributed by atoms with Gasteiger partial charge in [0.2, 0.25) is 0 Å². The highest BCUT2D eigenvalue weighted by Crippen LogP contribution is 2.43. The maximum atomic E-state index is 9.53. The number of allylic oxidation sites excluding steroid dienone is 1. The third-order valence-electron chi connectivity index (χ3n) is 6.22. The van der Waals surface area contributed by atoms with E-state index in [1.54, 1.807) is 6.20 Å². The van der Waals surface area contributed by atoms with Gasteiger partial charge in [-0.3, -0.25) is 9.67 Å². The highest BCUT2D eigenvalue weighted by Gasteiger charge is 2.45. The minimum absolute atomic E-state index is 0.0183. The number of hydrogen-bond donors (Lipinski definition) is 1. The molecule has 152 valence electrons. The summed E-state index contributed by atoms with van der Waals surface area (Å²) in [6.07, 6.45) is 9.42. The van der Waals surface area contributed by atoms with Crippen LogP contribution in [0.5, 0.6) is 0 Å². The molecule has 1 saturated carbocycles. The van der Waals surface area contributed by atoms with Gasteiger partial charge in [0.15, 0.2) is 0 Å². The van der Waals surface area contributed by atoms with E-state index in [1.165, 1.54) is 0 Å². The van der Waals surface area contributed by atoms with Crippen molar-refractivity contribution < 1.29 is 0 Å². The molecule has 2 aliphatic rings. The fourth-order valence-electron chi connectivity index (χ4n) is 5.00. The van der Waals surface area contributed by atoms with Crippen molar-refractivity contribution in [2.75, 3.05) is 18.0 Å². The highest BCUT2D eigenvalue weighted by molar-refractivity contribution is 5.78. The van der Waals surface area contributed by atoms with Crippen LogP contribution < -0.4 is 10.6 Å². The van der Waals surface area contributed by atoms with Gasteiger partial charge in [-0.2, -0.15) is 10.4 Å². The predicted molar refractivity (Wildman–Crippen MR) is 113 cm³/mol. The maximum absolute atomic E-state index is 9.53. The van der Waals surface area contributed by atoms with Crippen molar-refractivity contribution in [2.45, 2.75) is 52.1 Å². The summed E-state index contributed by atoms with van der Waals surface area (Å²) < 4.78 is 1.87. The lowest BCUT2D eigenvalue weighted by Gasteiger charge is -2.23. The minimum atomic E-state index is -0.0183. The van der Waals surface area contributed by atoms with E-state index in [0.29, 0.717) is 17.4 Å². The number of hydrogen-bond acceptors (Lipinski definition) is 6. The minimum Gasteiger partial charge on any atom is -0.355 e. The smallest absolute Gasteiger partial charge is 0.147 e. The summed E-state index contributed by atoms with van der Waals surface area (Å²) in [6.45, 7) is 10.2. The summed E-state index contributed by atoms with van der Waals surface area (Å²) in [5.41, 5.74) is 9.30. The lowest BCUT2D eigenvalue weighted by atomic mass is 10.00. The Morgan fingerprint density at radius 1 is 1.24 bits per heavy atom. The number of nitriles is 1. The molecule has 3 heterocycles. The van der Waals surface area contributed by atoms with E-state index >= 15 is 0 Å². The van der Waals surface area contributed by atoms with Crippen molar-refractivity contribution >= 4 is 11.4 Å². The van der Waals surface area contributed by atoms with E-state index in [0.717, 1.165) is 48.7 Å². The number of fused-ring (bicyclic) bond motifs is 1. The summed E-state index contributed by atoms with van der Waals surface area (Å²) in [4.78, 5) is 11.7. The number of nitrogens with two attached hydrogens (primary N) is 1. The van der Waals surface area contributed by atoms with Crippen LogP contribution in [0, 0.1) is 23.2 Å². The van der Waals surface area contributed by atoms with Crippen molar-refractivity contribution in [3.8, 4) is 6.07 Å². The second kappa shape index (κ2) is 7.27. The van der Waals surface area contributed by atoms with Crippen LogP contribution in [0.15, 0.2) is 24.7 Å². The molecule has 0 amide bonds. The fourth-order valence-corrected chi connectivity index (χ4v) is 5.00. The van der Waals surface area contributed by atoms with Gasteiger partial charge in [0.1, 0.15) is 11.9 Å². The molecule has 2 N–H and O–H groups in total. The van der Waals surface area contributed by atoms with E-state index in [4.69, 9.17) is 15.7 Å². The number of nitrogens with zero attached hydrogens (tertiary/aromatic N) is 6. The third-order valence-corrected chi connectivity index (χ3v) is 6.22.